The van der Waals surface area contributed by atoms with Gasteiger partial charge in [-0.2, -0.15) is 0 Å². The smallest absolute Gasteiger partial charge is 0.0923 e. The average molecular weight is 288 g/mol. The first-order valence-corrected chi connectivity index (χ1v) is 8.55. The molecule has 21 heavy (non-hydrogen) atoms. The average Bonchev–Trinajstić information content (AvgIpc) is 3.03. The molecule has 0 amide bonds. The molecule has 0 unspecified atom stereocenters. The topological polar surface area (TPSA) is 12.5 Å². The van der Waals surface area contributed by atoms with Crippen LogP contribution in [0.5, 0.6) is 0 Å². The second-order valence-electron chi connectivity index (χ2n) is 7.42. The Morgan fingerprint density at radius 3 is 2.57 bits per heavy atom. The number of hydrogen-bond acceptors (Lipinski definition) is 1. The highest BCUT2D eigenvalue weighted by Gasteiger charge is 2.51. The van der Waals surface area contributed by atoms with E-state index in [4.69, 9.17) is 4.74 Å². The second-order valence-corrected chi connectivity index (χ2v) is 7.42. The number of fused-ring (bicyclic) bond motifs is 1. The first-order valence-electron chi connectivity index (χ1n) is 8.55. The van der Waals surface area contributed by atoms with E-state index in [1.54, 1.807) is 0 Å². The molecule has 1 saturated heterocycles. The summed E-state index contributed by atoms with van der Waals surface area (Å²) in [6.45, 7) is 13.2. The summed E-state index contributed by atoms with van der Waals surface area (Å²) < 4.78 is 6.04. The highest BCUT2D eigenvalue weighted by Crippen LogP contribution is 2.45. The monoisotopic (exact) mass is 288 g/mol. The van der Waals surface area contributed by atoms with Crippen LogP contribution >= 0.6 is 0 Å². The summed E-state index contributed by atoms with van der Waals surface area (Å²) in [7, 11) is 0. The lowest BCUT2D eigenvalue weighted by Gasteiger charge is -2.17. The number of epoxide rings is 1. The lowest BCUT2D eigenvalue weighted by molar-refractivity contribution is 0.289. The molecule has 0 N–H and O–H groups in total. The van der Waals surface area contributed by atoms with Crippen LogP contribution in [0.15, 0.2) is 35.5 Å². The van der Waals surface area contributed by atoms with Crippen LogP contribution in [0.3, 0.4) is 0 Å². The zero-order chi connectivity index (χ0) is 15.5. The zero-order valence-electron chi connectivity index (χ0n) is 14.4. The Labute approximate surface area is 131 Å². The quantitative estimate of drug-likeness (QED) is 0.427. The largest absolute Gasteiger partial charge is 0.366 e. The van der Waals surface area contributed by atoms with Crippen LogP contribution in [0.1, 0.15) is 72.6 Å². The van der Waals surface area contributed by atoms with Gasteiger partial charge in [0.15, 0.2) is 0 Å². The lowest BCUT2D eigenvalue weighted by atomic mass is 9.86. The highest BCUT2D eigenvalue weighted by atomic mass is 16.6. The molecule has 2 rings (SSSR count). The van der Waals surface area contributed by atoms with Gasteiger partial charge >= 0.3 is 0 Å². The molecule has 1 aliphatic carbocycles. The van der Waals surface area contributed by atoms with Gasteiger partial charge in [-0.05, 0) is 78.6 Å². The second kappa shape index (κ2) is 6.96. The molecule has 2 aliphatic rings. The van der Waals surface area contributed by atoms with Gasteiger partial charge in [-0.15, -0.1) is 0 Å². The van der Waals surface area contributed by atoms with Gasteiger partial charge in [-0.25, -0.2) is 0 Å². The van der Waals surface area contributed by atoms with E-state index in [0.717, 1.165) is 19.3 Å². The molecule has 3 atom stereocenters. The Bertz CT molecular complexity index is 443. The fourth-order valence-corrected chi connectivity index (χ4v) is 3.39. The Balaban J connectivity index is 2.05. The maximum atomic E-state index is 6.04. The molecule has 0 aromatic carbocycles. The van der Waals surface area contributed by atoms with Crippen LogP contribution < -0.4 is 0 Å². The predicted molar refractivity (Wildman–Crippen MR) is 91.4 cm³/mol. The fraction of sp³-hybridized carbons (Fsp3) is 0.700. The van der Waals surface area contributed by atoms with E-state index >= 15 is 0 Å². The van der Waals surface area contributed by atoms with E-state index in [-0.39, 0.29) is 5.60 Å². The standard InChI is InChI=1S/C20H32O/c1-15(2)18-12-11-17(4)9-6-8-16(3)10-7-13-20(5)19(14-18)21-20/h9-10,18-19H,1,6-8,11-14H2,2-5H3/b16-10?,17-9+/t18-,19-,20-/m1/s1. The van der Waals surface area contributed by atoms with E-state index in [1.807, 2.05) is 0 Å². The van der Waals surface area contributed by atoms with Gasteiger partial charge in [0.1, 0.15) is 0 Å². The number of hydrogen-bond donors (Lipinski definition) is 0. The van der Waals surface area contributed by atoms with Crippen molar-refractivity contribution in [3.8, 4) is 0 Å². The van der Waals surface area contributed by atoms with Crippen molar-refractivity contribution >= 4 is 0 Å². The summed E-state index contributed by atoms with van der Waals surface area (Å²) in [5.74, 6) is 0.611. The molecule has 1 heterocycles. The first-order chi connectivity index (χ1) is 9.90. The summed E-state index contributed by atoms with van der Waals surface area (Å²) in [6.07, 6.45) is 13.6. The Morgan fingerprint density at radius 1 is 1.19 bits per heavy atom. The minimum Gasteiger partial charge on any atom is -0.366 e. The maximum absolute atomic E-state index is 6.04. The van der Waals surface area contributed by atoms with Crippen LogP contribution in [0.2, 0.25) is 0 Å². The van der Waals surface area contributed by atoms with E-state index in [9.17, 15) is 0 Å². The number of rotatable bonds is 1. The van der Waals surface area contributed by atoms with Gasteiger partial charge in [-0.3, -0.25) is 0 Å². The first kappa shape index (κ1) is 16.5. The van der Waals surface area contributed by atoms with Crippen molar-refractivity contribution in [3.05, 3.63) is 35.5 Å². The molecule has 118 valence electrons. The van der Waals surface area contributed by atoms with Crippen LogP contribution in [0, 0.1) is 5.92 Å². The molecular formula is C20H32O. The van der Waals surface area contributed by atoms with Crippen LogP contribution in [-0.2, 0) is 4.74 Å². The molecule has 0 saturated carbocycles. The van der Waals surface area contributed by atoms with Gasteiger partial charge in [0.05, 0.1) is 11.7 Å². The van der Waals surface area contributed by atoms with Gasteiger partial charge < -0.3 is 4.74 Å². The maximum Gasteiger partial charge on any atom is 0.0923 e. The summed E-state index contributed by atoms with van der Waals surface area (Å²) in [5, 5.41) is 0. The summed E-state index contributed by atoms with van der Waals surface area (Å²) >= 11 is 0. The molecule has 0 aromatic heterocycles. The van der Waals surface area contributed by atoms with Crippen molar-refractivity contribution in [2.45, 2.75) is 84.3 Å². The molecule has 0 bridgehead atoms. The van der Waals surface area contributed by atoms with Gasteiger partial charge in [0.2, 0.25) is 0 Å². The third-order valence-corrected chi connectivity index (χ3v) is 5.28. The molecule has 1 aliphatic heterocycles. The Kier molecular flexibility index (Phi) is 5.48. The van der Waals surface area contributed by atoms with Crippen LogP contribution in [0.4, 0.5) is 0 Å². The Morgan fingerprint density at radius 2 is 1.86 bits per heavy atom. The minimum absolute atomic E-state index is 0.124. The predicted octanol–water partition coefficient (Wildman–Crippen LogP) is 5.97. The van der Waals surface area contributed by atoms with Crippen molar-refractivity contribution in [2.75, 3.05) is 0 Å². The van der Waals surface area contributed by atoms with Crippen LogP contribution in [0.25, 0.3) is 0 Å². The van der Waals surface area contributed by atoms with Gasteiger partial charge in [0, 0.05) is 0 Å². The SMILES string of the molecule is C=C(C)[C@@H]1CC/C(C)=C/CCC(C)=CCC[C@@]2(C)O[C@@H]2C1. The van der Waals surface area contributed by atoms with E-state index in [1.165, 1.54) is 42.4 Å². The number of allylic oxidation sites excluding steroid dienone is 5. The zero-order valence-corrected chi connectivity index (χ0v) is 14.4. The van der Waals surface area contributed by atoms with Crippen molar-refractivity contribution in [2.24, 2.45) is 5.92 Å². The number of ether oxygens (including phenoxy) is 1. The molecule has 1 nitrogen and oxygen atoms in total. The van der Waals surface area contributed by atoms with Crippen molar-refractivity contribution in [1.82, 2.24) is 0 Å². The third kappa shape index (κ3) is 4.85. The van der Waals surface area contributed by atoms with Crippen LogP contribution in [-0.4, -0.2) is 11.7 Å². The molecule has 0 spiro atoms. The van der Waals surface area contributed by atoms with E-state index < -0.39 is 0 Å². The molecule has 0 radical (unpaired) electrons. The lowest BCUT2D eigenvalue weighted by Crippen LogP contribution is -2.14. The molecule has 1 fully saturated rings. The van der Waals surface area contributed by atoms with E-state index in [0.29, 0.717) is 12.0 Å². The summed E-state index contributed by atoms with van der Waals surface area (Å²) in [5.41, 5.74) is 4.50. The third-order valence-electron chi connectivity index (χ3n) is 5.28. The molecule has 1 heteroatoms. The van der Waals surface area contributed by atoms with Crippen molar-refractivity contribution in [3.63, 3.8) is 0 Å². The summed E-state index contributed by atoms with van der Waals surface area (Å²) in [4.78, 5) is 0. The van der Waals surface area contributed by atoms with Crippen molar-refractivity contribution < 1.29 is 4.74 Å². The van der Waals surface area contributed by atoms with Gasteiger partial charge in [-0.1, -0.05) is 35.5 Å². The normalized spacial score (nSPS) is 37.5. The fourth-order valence-electron chi connectivity index (χ4n) is 3.39. The van der Waals surface area contributed by atoms with Crippen molar-refractivity contribution in [1.29, 1.82) is 0 Å². The minimum atomic E-state index is 0.124. The Hall–Kier alpha value is -0.820. The molecular weight excluding hydrogens is 256 g/mol. The summed E-state index contributed by atoms with van der Waals surface area (Å²) in [6, 6.07) is 0. The van der Waals surface area contributed by atoms with Gasteiger partial charge in [0.25, 0.3) is 0 Å². The highest BCUT2D eigenvalue weighted by molar-refractivity contribution is 5.10. The molecule has 0 aromatic rings. The van der Waals surface area contributed by atoms with E-state index in [2.05, 4.69) is 46.4 Å².